The van der Waals surface area contributed by atoms with E-state index in [0.717, 1.165) is 48.9 Å². The number of hydrogen-bond donors (Lipinski definition) is 0. The highest BCUT2D eigenvalue weighted by Gasteiger charge is 2.39. The molecule has 0 radical (unpaired) electrons. The van der Waals surface area contributed by atoms with Crippen molar-refractivity contribution < 1.29 is 4.79 Å². The normalized spacial score (nSPS) is 19.8. The summed E-state index contributed by atoms with van der Waals surface area (Å²) in [6.07, 6.45) is 6.58. The maximum absolute atomic E-state index is 13.4. The Hall–Kier alpha value is -1.81. The first kappa shape index (κ1) is 15.7. The summed E-state index contributed by atoms with van der Waals surface area (Å²) in [6, 6.07) is 9.11. The van der Waals surface area contributed by atoms with Gasteiger partial charge in [0.1, 0.15) is 0 Å². The molecule has 0 spiro atoms. The SMILES string of the molecule is CCN1CCC(N(C(=O)c2cn(C)c3ccccc23)C2CC2)CC1. The fraction of sp³-hybridized carbons (Fsp3) is 0.550. The van der Waals surface area contributed by atoms with Crippen LogP contribution in [0, 0.1) is 0 Å². The minimum atomic E-state index is 0.240. The highest BCUT2D eigenvalue weighted by atomic mass is 16.2. The van der Waals surface area contributed by atoms with E-state index in [-0.39, 0.29) is 5.91 Å². The number of carbonyl (C=O) groups is 1. The summed E-state index contributed by atoms with van der Waals surface area (Å²) < 4.78 is 2.08. The molecule has 2 aromatic rings. The number of carbonyl (C=O) groups excluding carboxylic acids is 1. The van der Waals surface area contributed by atoms with E-state index in [9.17, 15) is 4.79 Å². The molecule has 4 rings (SSSR count). The largest absolute Gasteiger partial charge is 0.350 e. The molecule has 1 aromatic carbocycles. The molecule has 128 valence electrons. The van der Waals surface area contributed by atoms with Gasteiger partial charge in [0.05, 0.1) is 5.56 Å². The Bertz CT molecular complexity index is 738. The van der Waals surface area contributed by atoms with Gasteiger partial charge in [-0.1, -0.05) is 25.1 Å². The number of likely N-dealkylation sites (tertiary alicyclic amines) is 1. The monoisotopic (exact) mass is 325 g/mol. The van der Waals surface area contributed by atoms with Gasteiger partial charge in [-0.25, -0.2) is 0 Å². The van der Waals surface area contributed by atoms with Gasteiger partial charge in [-0.2, -0.15) is 0 Å². The van der Waals surface area contributed by atoms with Crippen molar-refractivity contribution in [3.63, 3.8) is 0 Å². The molecular formula is C20H27N3O. The zero-order chi connectivity index (χ0) is 16.7. The minimum Gasteiger partial charge on any atom is -0.350 e. The highest BCUT2D eigenvalue weighted by molar-refractivity contribution is 6.07. The van der Waals surface area contributed by atoms with Gasteiger partial charge < -0.3 is 14.4 Å². The van der Waals surface area contributed by atoms with E-state index in [1.807, 2.05) is 25.4 Å². The van der Waals surface area contributed by atoms with Gasteiger partial charge in [0.2, 0.25) is 0 Å². The Balaban J connectivity index is 1.63. The van der Waals surface area contributed by atoms with Crippen molar-refractivity contribution in [1.82, 2.24) is 14.4 Å². The van der Waals surface area contributed by atoms with Gasteiger partial charge in [-0.05, 0) is 38.3 Å². The minimum absolute atomic E-state index is 0.240. The third-order valence-electron chi connectivity index (χ3n) is 5.70. The molecular weight excluding hydrogens is 298 g/mol. The smallest absolute Gasteiger partial charge is 0.256 e. The topological polar surface area (TPSA) is 28.5 Å². The molecule has 0 atom stereocenters. The molecule has 1 saturated carbocycles. The number of nitrogens with zero attached hydrogens (tertiary/aromatic N) is 3. The molecule has 0 bridgehead atoms. The molecule has 1 aromatic heterocycles. The zero-order valence-corrected chi connectivity index (χ0v) is 14.7. The van der Waals surface area contributed by atoms with E-state index in [1.165, 1.54) is 12.8 Å². The molecule has 1 saturated heterocycles. The summed E-state index contributed by atoms with van der Waals surface area (Å²) in [7, 11) is 2.03. The van der Waals surface area contributed by atoms with Gasteiger partial charge in [0, 0.05) is 49.3 Å². The second-order valence-corrected chi connectivity index (χ2v) is 7.28. The average Bonchev–Trinajstić information content (AvgIpc) is 3.39. The third kappa shape index (κ3) is 2.73. The molecule has 1 amide bonds. The lowest BCUT2D eigenvalue weighted by Gasteiger charge is -2.38. The van der Waals surface area contributed by atoms with E-state index in [1.54, 1.807) is 0 Å². The predicted octanol–water partition coefficient (Wildman–Crippen LogP) is 3.27. The summed E-state index contributed by atoms with van der Waals surface area (Å²) in [6.45, 7) is 5.58. The summed E-state index contributed by atoms with van der Waals surface area (Å²) in [5.41, 5.74) is 2.01. The van der Waals surface area contributed by atoms with Gasteiger partial charge in [-0.3, -0.25) is 4.79 Å². The van der Waals surface area contributed by atoms with Crippen LogP contribution in [-0.2, 0) is 7.05 Å². The Morgan fingerprint density at radius 1 is 1.12 bits per heavy atom. The van der Waals surface area contributed by atoms with E-state index in [4.69, 9.17) is 0 Å². The Morgan fingerprint density at radius 3 is 2.46 bits per heavy atom. The van der Waals surface area contributed by atoms with E-state index < -0.39 is 0 Å². The number of rotatable bonds is 4. The maximum atomic E-state index is 13.4. The summed E-state index contributed by atoms with van der Waals surface area (Å²) in [5, 5.41) is 1.08. The molecule has 24 heavy (non-hydrogen) atoms. The number of piperidine rings is 1. The van der Waals surface area contributed by atoms with Crippen LogP contribution in [0.5, 0.6) is 0 Å². The van der Waals surface area contributed by atoms with Crippen molar-refractivity contribution in [2.24, 2.45) is 7.05 Å². The standard InChI is InChI=1S/C20H27N3O/c1-3-22-12-10-16(11-13-22)23(15-8-9-15)20(24)18-14-21(2)19-7-5-4-6-17(18)19/h4-7,14-16H,3,8-13H2,1-2H3. The summed E-state index contributed by atoms with van der Waals surface area (Å²) in [4.78, 5) is 18.1. The number of aryl methyl sites for hydroxylation is 1. The number of aromatic nitrogens is 1. The second-order valence-electron chi connectivity index (χ2n) is 7.28. The molecule has 0 N–H and O–H groups in total. The predicted molar refractivity (Wildman–Crippen MR) is 97.2 cm³/mol. The van der Waals surface area contributed by atoms with Crippen LogP contribution in [0.3, 0.4) is 0 Å². The molecule has 2 fully saturated rings. The van der Waals surface area contributed by atoms with E-state index >= 15 is 0 Å². The second kappa shape index (κ2) is 6.25. The Labute approximate surface area is 144 Å². The number of amides is 1. The van der Waals surface area contributed by atoms with Crippen molar-refractivity contribution in [3.8, 4) is 0 Å². The highest BCUT2D eigenvalue weighted by Crippen LogP contribution is 2.34. The molecule has 2 aliphatic rings. The first-order chi connectivity index (χ1) is 11.7. The van der Waals surface area contributed by atoms with Crippen LogP contribution in [-0.4, -0.2) is 52.0 Å². The molecule has 0 unspecified atom stereocenters. The molecule has 4 nitrogen and oxygen atoms in total. The third-order valence-corrected chi connectivity index (χ3v) is 5.70. The van der Waals surface area contributed by atoms with Gasteiger partial charge in [-0.15, -0.1) is 0 Å². The van der Waals surface area contributed by atoms with Crippen molar-refractivity contribution in [2.75, 3.05) is 19.6 Å². The number of para-hydroxylation sites is 1. The van der Waals surface area contributed by atoms with Crippen molar-refractivity contribution in [2.45, 2.75) is 44.7 Å². The van der Waals surface area contributed by atoms with Gasteiger partial charge in [0.25, 0.3) is 5.91 Å². The van der Waals surface area contributed by atoms with Crippen LogP contribution in [0.1, 0.15) is 43.0 Å². The van der Waals surface area contributed by atoms with Crippen LogP contribution >= 0.6 is 0 Å². The lowest BCUT2D eigenvalue weighted by Crippen LogP contribution is -2.48. The first-order valence-corrected chi connectivity index (χ1v) is 9.28. The van der Waals surface area contributed by atoms with Crippen LogP contribution in [0.25, 0.3) is 10.9 Å². The fourth-order valence-electron chi connectivity index (χ4n) is 4.15. The van der Waals surface area contributed by atoms with Crippen LogP contribution in [0.15, 0.2) is 30.5 Å². The van der Waals surface area contributed by atoms with Gasteiger partial charge >= 0.3 is 0 Å². The van der Waals surface area contributed by atoms with Crippen LogP contribution in [0.4, 0.5) is 0 Å². The lowest BCUT2D eigenvalue weighted by molar-refractivity contribution is 0.0556. The number of fused-ring (bicyclic) bond motifs is 1. The van der Waals surface area contributed by atoms with E-state index in [2.05, 4.69) is 33.4 Å². The molecule has 1 aliphatic carbocycles. The van der Waals surface area contributed by atoms with Crippen molar-refractivity contribution in [3.05, 3.63) is 36.0 Å². The lowest BCUT2D eigenvalue weighted by atomic mass is 10.0. The molecule has 4 heteroatoms. The van der Waals surface area contributed by atoms with Crippen LogP contribution < -0.4 is 0 Å². The van der Waals surface area contributed by atoms with E-state index in [0.29, 0.717) is 12.1 Å². The Kier molecular flexibility index (Phi) is 4.09. The Morgan fingerprint density at radius 2 is 1.79 bits per heavy atom. The number of benzene rings is 1. The summed E-state index contributed by atoms with van der Waals surface area (Å²) >= 11 is 0. The fourth-order valence-corrected chi connectivity index (χ4v) is 4.15. The molecule has 1 aliphatic heterocycles. The van der Waals surface area contributed by atoms with Crippen molar-refractivity contribution >= 4 is 16.8 Å². The van der Waals surface area contributed by atoms with Crippen LogP contribution in [0.2, 0.25) is 0 Å². The maximum Gasteiger partial charge on any atom is 0.256 e. The first-order valence-electron chi connectivity index (χ1n) is 9.28. The molecule has 2 heterocycles. The average molecular weight is 325 g/mol. The number of hydrogen-bond acceptors (Lipinski definition) is 2. The summed E-state index contributed by atoms with van der Waals surface area (Å²) in [5.74, 6) is 0.240. The van der Waals surface area contributed by atoms with Crippen molar-refractivity contribution in [1.29, 1.82) is 0 Å². The van der Waals surface area contributed by atoms with Gasteiger partial charge in [0.15, 0.2) is 0 Å². The zero-order valence-electron chi connectivity index (χ0n) is 14.7. The quantitative estimate of drug-likeness (QED) is 0.863.